The normalized spacial score (nSPS) is 11.5. The van der Waals surface area contributed by atoms with Crippen LogP contribution >= 0.6 is 0 Å². The summed E-state index contributed by atoms with van der Waals surface area (Å²) in [5, 5.41) is 4.42. The molecule has 0 fully saturated rings. The summed E-state index contributed by atoms with van der Waals surface area (Å²) >= 11 is 0. The largest absolute Gasteiger partial charge is 0.455 e. The lowest BCUT2D eigenvalue weighted by Crippen LogP contribution is -2.02. The Morgan fingerprint density at radius 2 is 0.806 bits per heavy atom. The fourth-order valence-corrected chi connectivity index (χ4v) is 9.16. The second-order valence-electron chi connectivity index (χ2n) is 15.7. The van der Waals surface area contributed by atoms with Crippen molar-refractivity contribution in [2.75, 3.05) is 0 Å². The molecule has 4 heteroatoms. The Hall–Kier alpha value is -8.34. The van der Waals surface area contributed by atoms with Crippen molar-refractivity contribution in [3.63, 3.8) is 0 Å². The van der Waals surface area contributed by atoms with E-state index < -0.39 is 0 Å². The molecule has 9 aromatic carbocycles. The first-order valence-corrected chi connectivity index (χ1v) is 21.0. The van der Waals surface area contributed by atoms with Crippen LogP contribution < -0.4 is 0 Å². The smallest absolute Gasteiger partial charge is 0.160 e. The van der Waals surface area contributed by atoms with E-state index >= 15 is 0 Å². The van der Waals surface area contributed by atoms with E-state index in [9.17, 15) is 0 Å². The second-order valence-corrected chi connectivity index (χ2v) is 15.7. The summed E-state index contributed by atoms with van der Waals surface area (Å²) < 4.78 is 9.54. The van der Waals surface area contributed by atoms with Crippen LogP contribution in [0.5, 0.6) is 0 Å². The summed E-state index contributed by atoms with van der Waals surface area (Å²) in [5.41, 5.74) is 16.3. The van der Waals surface area contributed by atoms with Crippen molar-refractivity contribution in [2.24, 2.45) is 0 Å². The van der Waals surface area contributed by atoms with Gasteiger partial charge in [-0.05, 0) is 53.1 Å². The fraction of sp³-hybridized carbons (Fsp3) is 0. The van der Waals surface area contributed by atoms with Crippen LogP contribution in [0, 0.1) is 0 Å². The second kappa shape index (κ2) is 14.7. The molecule has 0 spiro atoms. The lowest BCUT2D eigenvalue weighted by Gasteiger charge is -2.21. The minimum absolute atomic E-state index is 0.682. The number of para-hydroxylation sites is 2. The molecule has 0 saturated heterocycles. The molecule has 290 valence electrons. The Balaban J connectivity index is 1.18. The van der Waals surface area contributed by atoms with Crippen molar-refractivity contribution in [2.45, 2.75) is 0 Å². The van der Waals surface area contributed by atoms with Crippen molar-refractivity contribution in [1.29, 1.82) is 0 Å². The standard InChI is InChI=1S/C58H37N3O/c1-6-19-38(20-7-1)44-30-18-31-45-46-33-34-53-54(57(46)62-56(44)45)47-29-16-17-32-52(47)61(53)55-48(39-21-8-2-9-22-39)35-43(36-49(55)40-23-10-3-11-24-40)51-37-50(41-25-12-4-13-26-41)59-58(60-51)42-27-14-5-15-28-42/h1-37H. The van der Waals surface area contributed by atoms with Crippen molar-refractivity contribution in [3.8, 4) is 73.0 Å². The van der Waals surface area contributed by atoms with Gasteiger partial charge in [0, 0.05) is 49.5 Å². The van der Waals surface area contributed by atoms with Crippen LogP contribution in [0.2, 0.25) is 0 Å². The van der Waals surface area contributed by atoms with Gasteiger partial charge in [-0.3, -0.25) is 0 Å². The maximum Gasteiger partial charge on any atom is 0.160 e. The molecule has 0 aliphatic carbocycles. The van der Waals surface area contributed by atoms with E-state index in [1.54, 1.807) is 0 Å². The molecule has 0 unspecified atom stereocenters. The molecule has 0 atom stereocenters. The molecular weight excluding hydrogens is 755 g/mol. The number of rotatable bonds is 7. The van der Waals surface area contributed by atoms with Crippen LogP contribution in [0.15, 0.2) is 229 Å². The van der Waals surface area contributed by atoms with Gasteiger partial charge >= 0.3 is 0 Å². The van der Waals surface area contributed by atoms with Gasteiger partial charge in [-0.1, -0.05) is 188 Å². The Bertz CT molecular complexity index is 3480. The number of benzene rings is 9. The summed E-state index contributed by atoms with van der Waals surface area (Å²) in [6.07, 6.45) is 0. The summed E-state index contributed by atoms with van der Waals surface area (Å²) in [5.74, 6) is 0.682. The van der Waals surface area contributed by atoms with Crippen molar-refractivity contribution >= 4 is 43.7 Å². The first kappa shape index (κ1) is 35.6. The van der Waals surface area contributed by atoms with Crippen LogP contribution in [-0.2, 0) is 0 Å². The Labute approximate surface area is 358 Å². The van der Waals surface area contributed by atoms with Gasteiger partial charge in [0.2, 0.25) is 0 Å². The highest BCUT2D eigenvalue weighted by molar-refractivity contribution is 6.25. The average Bonchev–Trinajstić information content (AvgIpc) is 3.91. The molecule has 0 aliphatic heterocycles. The summed E-state index contributed by atoms with van der Waals surface area (Å²) in [6.45, 7) is 0. The van der Waals surface area contributed by atoms with Gasteiger partial charge in [0.05, 0.1) is 33.5 Å². The lowest BCUT2D eigenvalue weighted by atomic mass is 9.91. The van der Waals surface area contributed by atoms with E-state index in [2.05, 4.69) is 205 Å². The molecule has 0 aliphatic rings. The lowest BCUT2D eigenvalue weighted by molar-refractivity contribution is 0.674. The van der Waals surface area contributed by atoms with Gasteiger partial charge in [-0.15, -0.1) is 0 Å². The number of furan rings is 1. The van der Waals surface area contributed by atoms with Gasteiger partial charge < -0.3 is 8.98 Å². The third-order valence-corrected chi connectivity index (χ3v) is 12.0. The number of hydrogen-bond donors (Lipinski definition) is 0. The predicted octanol–water partition coefficient (Wildman–Crippen LogP) is 15.5. The molecule has 0 radical (unpaired) electrons. The molecular formula is C58H37N3O. The molecule has 3 aromatic heterocycles. The van der Waals surface area contributed by atoms with Gasteiger partial charge in [0.15, 0.2) is 5.82 Å². The van der Waals surface area contributed by atoms with Crippen LogP contribution in [0.1, 0.15) is 0 Å². The predicted molar refractivity (Wildman–Crippen MR) is 256 cm³/mol. The minimum atomic E-state index is 0.682. The van der Waals surface area contributed by atoms with Crippen molar-refractivity contribution in [3.05, 3.63) is 224 Å². The quantitative estimate of drug-likeness (QED) is 0.161. The third-order valence-electron chi connectivity index (χ3n) is 12.0. The molecule has 12 rings (SSSR count). The highest BCUT2D eigenvalue weighted by Gasteiger charge is 2.25. The fourth-order valence-electron chi connectivity index (χ4n) is 9.16. The first-order valence-electron chi connectivity index (χ1n) is 21.0. The van der Waals surface area contributed by atoms with E-state index in [0.29, 0.717) is 5.82 Å². The Kier molecular flexibility index (Phi) is 8.46. The molecule has 0 bridgehead atoms. The zero-order valence-electron chi connectivity index (χ0n) is 33.6. The monoisotopic (exact) mass is 791 g/mol. The molecule has 0 amide bonds. The van der Waals surface area contributed by atoms with E-state index in [0.717, 1.165) is 111 Å². The molecule has 62 heavy (non-hydrogen) atoms. The molecule has 0 N–H and O–H groups in total. The van der Waals surface area contributed by atoms with Crippen molar-refractivity contribution < 1.29 is 4.42 Å². The number of nitrogens with zero attached hydrogens (tertiary/aromatic N) is 3. The van der Waals surface area contributed by atoms with E-state index in [1.807, 2.05) is 24.3 Å². The van der Waals surface area contributed by atoms with Gasteiger partial charge in [0.1, 0.15) is 11.2 Å². The van der Waals surface area contributed by atoms with Crippen LogP contribution in [-0.4, -0.2) is 14.5 Å². The summed E-state index contributed by atoms with van der Waals surface area (Å²) in [6, 6.07) is 79.1. The maximum atomic E-state index is 7.08. The number of hydrogen-bond acceptors (Lipinski definition) is 3. The van der Waals surface area contributed by atoms with Crippen LogP contribution in [0.25, 0.3) is 117 Å². The summed E-state index contributed by atoms with van der Waals surface area (Å²) in [7, 11) is 0. The van der Waals surface area contributed by atoms with Gasteiger partial charge in [0.25, 0.3) is 0 Å². The van der Waals surface area contributed by atoms with Crippen LogP contribution in [0.3, 0.4) is 0 Å². The molecule has 12 aromatic rings. The maximum absolute atomic E-state index is 7.08. The molecule has 4 nitrogen and oxygen atoms in total. The Morgan fingerprint density at radius 3 is 1.42 bits per heavy atom. The Morgan fingerprint density at radius 1 is 0.323 bits per heavy atom. The van der Waals surface area contributed by atoms with Gasteiger partial charge in [-0.2, -0.15) is 0 Å². The first-order chi connectivity index (χ1) is 30.8. The van der Waals surface area contributed by atoms with E-state index in [1.165, 1.54) is 0 Å². The number of fused-ring (bicyclic) bond motifs is 7. The minimum Gasteiger partial charge on any atom is -0.455 e. The molecule has 3 heterocycles. The zero-order chi connectivity index (χ0) is 41.0. The molecule has 0 saturated carbocycles. The SMILES string of the molecule is c1ccc(-c2cc(-c3cc(-c4ccccc4)c(-n4c5ccccc5c5c6oc7c(-c8ccccc8)cccc7c6ccc54)c(-c4ccccc4)c3)nc(-c3ccccc3)n2)cc1. The highest BCUT2D eigenvalue weighted by atomic mass is 16.3. The van der Waals surface area contributed by atoms with Crippen molar-refractivity contribution in [1.82, 2.24) is 14.5 Å². The average molecular weight is 792 g/mol. The highest BCUT2D eigenvalue weighted by Crippen LogP contribution is 2.47. The number of aromatic nitrogens is 3. The topological polar surface area (TPSA) is 43.9 Å². The third kappa shape index (κ3) is 5.92. The van der Waals surface area contributed by atoms with Gasteiger partial charge in [-0.25, -0.2) is 9.97 Å². The van der Waals surface area contributed by atoms with E-state index in [-0.39, 0.29) is 0 Å². The van der Waals surface area contributed by atoms with E-state index in [4.69, 9.17) is 14.4 Å². The van der Waals surface area contributed by atoms with Crippen LogP contribution in [0.4, 0.5) is 0 Å². The summed E-state index contributed by atoms with van der Waals surface area (Å²) in [4.78, 5) is 10.4. The zero-order valence-corrected chi connectivity index (χ0v) is 33.6.